The van der Waals surface area contributed by atoms with Crippen LogP contribution in [0.25, 0.3) is 0 Å². The minimum atomic E-state index is 0.638. The number of hydrogen-bond acceptors (Lipinski definition) is 0. The van der Waals surface area contributed by atoms with Gasteiger partial charge in [-0.25, -0.2) is 0 Å². The summed E-state index contributed by atoms with van der Waals surface area (Å²) in [6.07, 6.45) is 3.10. The summed E-state index contributed by atoms with van der Waals surface area (Å²) >= 11 is 0. The molecule has 0 radical (unpaired) electrons. The Labute approximate surface area is 130 Å². The quantitative estimate of drug-likeness (QED) is 0.581. The van der Waals surface area contributed by atoms with E-state index in [0.717, 1.165) is 64.6 Å². The molecule has 0 saturated heterocycles. The summed E-state index contributed by atoms with van der Waals surface area (Å²) in [7, 11) is 0. The Hall–Kier alpha value is 0. The molecule has 0 aliphatic heterocycles. The average molecular weight is 284 g/mol. The summed E-state index contributed by atoms with van der Waals surface area (Å²) in [4.78, 5) is 0. The van der Waals surface area contributed by atoms with Gasteiger partial charge in [-0.05, 0) is 88.3 Å². The molecule has 0 spiro atoms. The topological polar surface area (TPSA) is 0 Å². The van der Waals surface area contributed by atoms with Gasteiger partial charge < -0.3 is 0 Å². The van der Waals surface area contributed by atoms with Crippen LogP contribution in [0.2, 0.25) is 0 Å². The predicted molar refractivity (Wildman–Crippen MR) is 85.5 cm³/mol. The van der Waals surface area contributed by atoms with Crippen molar-refractivity contribution in [3.8, 4) is 0 Å². The Morgan fingerprint density at radius 1 is 0.810 bits per heavy atom. The molecular formula is C21H32. The van der Waals surface area contributed by atoms with Crippen molar-refractivity contribution in [3.63, 3.8) is 0 Å². The molecule has 6 rings (SSSR count). The maximum absolute atomic E-state index is 2.72. The van der Waals surface area contributed by atoms with Crippen molar-refractivity contribution < 1.29 is 0 Å². The van der Waals surface area contributed by atoms with Crippen LogP contribution in [0.5, 0.6) is 0 Å². The molecule has 0 amide bonds. The van der Waals surface area contributed by atoms with Crippen LogP contribution in [0.4, 0.5) is 0 Å². The van der Waals surface area contributed by atoms with Crippen LogP contribution in [0.15, 0.2) is 0 Å². The monoisotopic (exact) mass is 284 g/mol. The molecule has 116 valence electrons. The van der Waals surface area contributed by atoms with E-state index in [4.69, 9.17) is 0 Å². The van der Waals surface area contributed by atoms with Crippen molar-refractivity contribution in [2.45, 2.75) is 54.4 Å². The second kappa shape index (κ2) is 2.89. The first-order valence-electron chi connectivity index (χ1n) is 9.78. The van der Waals surface area contributed by atoms with Crippen molar-refractivity contribution >= 4 is 0 Å². The highest BCUT2D eigenvalue weighted by Crippen LogP contribution is 2.95. The van der Waals surface area contributed by atoms with Crippen molar-refractivity contribution in [1.29, 1.82) is 0 Å². The molecule has 0 nitrogen and oxygen atoms in total. The van der Waals surface area contributed by atoms with Gasteiger partial charge in [0.05, 0.1) is 0 Å². The standard InChI is InChI=1S/C21H32/c1-9-7-12-10(2)15-13(12)17-14-16-11(3)19(9,4)8-20(16,5)18(14)21(15,17)6/h9-18H,7-8H2,1-6H3. The minimum Gasteiger partial charge on any atom is -0.0620 e. The van der Waals surface area contributed by atoms with Gasteiger partial charge in [0.25, 0.3) is 0 Å². The smallest absolute Gasteiger partial charge is 0.0222 e. The van der Waals surface area contributed by atoms with Gasteiger partial charge >= 0.3 is 0 Å². The highest BCUT2D eigenvalue weighted by molar-refractivity contribution is 5.37. The number of fused-ring (bicyclic) bond motifs is 4. The fraction of sp³-hybridized carbons (Fsp3) is 1.00. The Morgan fingerprint density at radius 3 is 2.24 bits per heavy atom. The van der Waals surface area contributed by atoms with Crippen LogP contribution in [0.1, 0.15) is 54.4 Å². The predicted octanol–water partition coefficient (Wildman–Crippen LogP) is 5.09. The maximum atomic E-state index is 2.72. The maximum Gasteiger partial charge on any atom is -0.0222 e. The first-order chi connectivity index (χ1) is 9.78. The summed E-state index contributed by atoms with van der Waals surface area (Å²) < 4.78 is 0. The molecule has 6 fully saturated rings. The van der Waals surface area contributed by atoms with Crippen LogP contribution < -0.4 is 0 Å². The van der Waals surface area contributed by atoms with E-state index in [-0.39, 0.29) is 0 Å². The lowest BCUT2D eigenvalue weighted by Gasteiger charge is -2.91. The second-order valence-electron chi connectivity index (χ2n) is 11.2. The Balaban J connectivity index is 1.56. The van der Waals surface area contributed by atoms with E-state index in [0.29, 0.717) is 10.8 Å². The van der Waals surface area contributed by atoms with E-state index in [1.54, 1.807) is 12.8 Å². The van der Waals surface area contributed by atoms with Crippen LogP contribution >= 0.6 is 0 Å². The molecule has 0 heterocycles. The Bertz CT molecular complexity index is 564. The van der Waals surface area contributed by atoms with Crippen molar-refractivity contribution in [2.75, 3.05) is 0 Å². The second-order valence-corrected chi connectivity index (χ2v) is 11.2. The van der Waals surface area contributed by atoms with E-state index in [1.807, 2.05) is 0 Å². The van der Waals surface area contributed by atoms with Crippen molar-refractivity contribution in [1.82, 2.24) is 0 Å². The van der Waals surface area contributed by atoms with Crippen molar-refractivity contribution in [3.05, 3.63) is 0 Å². The lowest BCUT2D eigenvalue weighted by atomic mass is 9.13. The largest absolute Gasteiger partial charge is 0.0620 e. The third-order valence-corrected chi connectivity index (χ3v) is 11.5. The van der Waals surface area contributed by atoms with E-state index in [9.17, 15) is 0 Å². The van der Waals surface area contributed by atoms with E-state index >= 15 is 0 Å². The van der Waals surface area contributed by atoms with Gasteiger partial charge in [-0.1, -0.05) is 41.5 Å². The zero-order valence-corrected chi connectivity index (χ0v) is 14.7. The van der Waals surface area contributed by atoms with E-state index < -0.39 is 0 Å². The van der Waals surface area contributed by atoms with Crippen LogP contribution in [-0.4, -0.2) is 0 Å². The molecule has 0 N–H and O–H groups in total. The number of rotatable bonds is 0. The number of hydrogen-bond donors (Lipinski definition) is 0. The molecule has 13 unspecified atom stereocenters. The SMILES string of the molecule is CC1C2CC(C)C3(C)CC4(C)C(C5C6C2C1C6(C)C54)C3C. The van der Waals surface area contributed by atoms with Crippen LogP contribution in [0, 0.1) is 75.4 Å². The molecule has 0 aromatic heterocycles. The molecule has 0 aromatic rings. The van der Waals surface area contributed by atoms with Gasteiger partial charge in [-0.3, -0.25) is 0 Å². The molecule has 6 saturated carbocycles. The van der Waals surface area contributed by atoms with Gasteiger partial charge in [0, 0.05) is 0 Å². The summed E-state index contributed by atoms with van der Waals surface area (Å²) in [6.45, 7) is 16.0. The fourth-order valence-electron chi connectivity index (χ4n) is 11.0. The van der Waals surface area contributed by atoms with Crippen LogP contribution in [0.3, 0.4) is 0 Å². The first-order valence-corrected chi connectivity index (χ1v) is 9.78. The molecule has 0 heteroatoms. The third-order valence-electron chi connectivity index (χ3n) is 11.5. The highest BCUT2D eigenvalue weighted by Gasteiger charge is 2.90. The van der Waals surface area contributed by atoms with Gasteiger partial charge in [0.15, 0.2) is 0 Å². The third kappa shape index (κ3) is 0.837. The lowest BCUT2D eigenvalue weighted by molar-refractivity contribution is -0.446. The summed E-state index contributed by atoms with van der Waals surface area (Å²) in [5.41, 5.74) is 2.13. The molecule has 21 heavy (non-hydrogen) atoms. The fourth-order valence-corrected chi connectivity index (χ4v) is 11.0. The highest BCUT2D eigenvalue weighted by atomic mass is 14.9. The minimum absolute atomic E-state index is 0.638. The molecule has 0 aromatic carbocycles. The molecule has 13 atom stereocenters. The van der Waals surface area contributed by atoms with E-state index in [2.05, 4.69) is 41.5 Å². The summed E-state index contributed by atoms with van der Waals surface area (Å²) in [5, 5.41) is 0. The van der Waals surface area contributed by atoms with Gasteiger partial charge in [-0.2, -0.15) is 0 Å². The molecular weight excluding hydrogens is 252 g/mol. The normalized spacial score (nSPS) is 82.0. The Kier molecular flexibility index (Phi) is 1.71. The van der Waals surface area contributed by atoms with Crippen molar-refractivity contribution in [2.24, 2.45) is 75.4 Å². The zero-order chi connectivity index (χ0) is 14.7. The Morgan fingerprint density at radius 2 is 1.52 bits per heavy atom. The lowest BCUT2D eigenvalue weighted by Crippen LogP contribution is -2.88. The van der Waals surface area contributed by atoms with Gasteiger partial charge in [0.1, 0.15) is 0 Å². The zero-order valence-electron chi connectivity index (χ0n) is 14.7. The first kappa shape index (κ1) is 12.4. The molecule has 6 aliphatic rings. The summed E-state index contributed by atoms with van der Waals surface area (Å²) in [6, 6.07) is 0. The summed E-state index contributed by atoms with van der Waals surface area (Å²) in [5.74, 6) is 10.9. The average Bonchev–Trinajstić information content (AvgIpc) is 2.55. The molecule has 6 aliphatic carbocycles. The van der Waals surface area contributed by atoms with Gasteiger partial charge in [-0.15, -0.1) is 0 Å². The molecule has 2 bridgehead atoms. The van der Waals surface area contributed by atoms with Gasteiger partial charge in [0.2, 0.25) is 0 Å². The van der Waals surface area contributed by atoms with E-state index in [1.165, 1.54) is 0 Å². The van der Waals surface area contributed by atoms with Crippen LogP contribution in [-0.2, 0) is 0 Å².